The molecular weight excluding hydrogens is 332 g/mol. The standard InChI is InChI=1S/C20H24N2O2S/c1-15-7-8-18(16(2)13-15)25-19-6-4-3-5-17(19)22(14-20(23)24)11-9-21-10-12-22/h3-8,13,21H,9-12,14H2,1-2H3/p+1. The van der Waals surface area contributed by atoms with Crippen molar-refractivity contribution in [2.45, 2.75) is 23.6 Å². The minimum Gasteiger partial charge on any atom is -0.477 e. The molecule has 1 aliphatic rings. The third-order valence-electron chi connectivity index (χ3n) is 4.80. The Bertz CT molecular complexity index is 770. The fraction of sp³-hybridized carbons (Fsp3) is 0.350. The zero-order valence-corrected chi connectivity index (χ0v) is 15.6. The summed E-state index contributed by atoms with van der Waals surface area (Å²) in [4.78, 5) is 13.9. The van der Waals surface area contributed by atoms with Crippen molar-refractivity contribution in [3.63, 3.8) is 0 Å². The Hall–Kier alpha value is -1.82. The molecule has 1 saturated heterocycles. The van der Waals surface area contributed by atoms with Crippen LogP contribution in [0.1, 0.15) is 11.1 Å². The van der Waals surface area contributed by atoms with E-state index in [1.807, 2.05) is 12.1 Å². The number of carboxylic acids is 1. The molecular formula is C20H25N2O2S+. The second-order valence-corrected chi connectivity index (χ2v) is 7.82. The number of quaternary nitrogens is 1. The van der Waals surface area contributed by atoms with E-state index in [2.05, 4.69) is 49.5 Å². The summed E-state index contributed by atoms with van der Waals surface area (Å²) in [6.45, 7) is 7.65. The molecule has 3 rings (SSSR count). The largest absolute Gasteiger partial charge is 0.477 e. The molecule has 0 spiro atoms. The molecule has 2 aromatic rings. The highest BCUT2D eigenvalue weighted by atomic mass is 32.2. The van der Waals surface area contributed by atoms with Crippen molar-refractivity contribution < 1.29 is 9.90 Å². The molecule has 2 aromatic carbocycles. The van der Waals surface area contributed by atoms with Crippen molar-refractivity contribution in [1.82, 2.24) is 9.80 Å². The molecule has 1 heterocycles. The summed E-state index contributed by atoms with van der Waals surface area (Å²) in [6.07, 6.45) is 0. The summed E-state index contributed by atoms with van der Waals surface area (Å²) < 4.78 is 0.510. The van der Waals surface area contributed by atoms with E-state index in [-0.39, 0.29) is 6.54 Å². The van der Waals surface area contributed by atoms with Gasteiger partial charge in [-0.3, -0.25) is 4.48 Å². The van der Waals surface area contributed by atoms with Gasteiger partial charge in [-0.2, -0.15) is 0 Å². The van der Waals surface area contributed by atoms with E-state index in [0.29, 0.717) is 4.48 Å². The smallest absolute Gasteiger partial charge is 0.359 e. The normalized spacial score (nSPS) is 16.6. The number of hydrogen-bond donors (Lipinski definition) is 2. The topological polar surface area (TPSA) is 49.3 Å². The van der Waals surface area contributed by atoms with Gasteiger partial charge in [0.15, 0.2) is 6.54 Å². The van der Waals surface area contributed by atoms with E-state index in [1.54, 1.807) is 11.8 Å². The van der Waals surface area contributed by atoms with Crippen molar-refractivity contribution in [2.24, 2.45) is 0 Å². The average molecular weight is 357 g/mol. The fourth-order valence-electron chi connectivity index (χ4n) is 3.53. The van der Waals surface area contributed by atoms with Crippen LogP contribution in [-0.2, 0) is 4.79 Å². The summed E-state index contributed by atoms with van der Waals surface area (Å²) in [5, 5.41) is 12.9. The number of benzene rings is 2. The highest BCUT2D eigenvalue weighted by Gasteiger charge is 2.37. The summed E-state index contributed by atoms with van der Waals surface area (Å²) in [6, 6.07) is 14.7. The maximum absolute atomic E-state index is 11.6. The molecule has 0 amide bonds. The lowest BCUT2D eigenvalue weighted by molar-refractivity contribution is -0.138. The number of nitrogens with one attached hydrogen (secondary N) is 1. The van der Waals surface area contributed by atoms with Gasteiger partial charge in [-0.05, 0) is 31.5 Å². The highest BCUT2D eigenvalue weighted by Crippen LogP contribution is 2.40. The number of para-hydroxylation sites is 1. The lowest BCUT2D eigenvalue weighted by Gasteiger charge is -2.40. The van der Waals surface area contributed by atoms with Gasteiger partial charge in [0.2, 0.25) is 0 Å². The van der Waals surface area contributed by atoms with E-state index in [9.17, 15) is 9.90 Å². The average Bonchev–Trinajstić information content (AvgIpc) is 2.58. The molecule has 1 fully saturated rings. The second-order valence-electron chi connectivity index (χ2n) is 6.73. The maximum atomic E-state index is 11.6. The van der Waals surface area contributed by atoms with Crippen molar-refractivity contribution in [3.8, 4) is 0 Å². The van der Waals surface area contributed by atoms with Gasteiger partial charge >= 0.3 is 5.97 Å². The lowest BCUT2D eigenvalue weighted by Crippen LogP contribution is -2.62. The first kappa shape index (κ1) is 18.0. The van der Waals surface area contributed by atoms with Crippen LogP contribution >= 0.6 is 11.8 Å². The van der Waals surface area contributed by atoms with Gasteiger partial charge in [0.25, 0.3) is 0 Å². The molecule has 0 bridgehead atoms. The monoisotopic (exact) mass is 357 g/mol. The zero-order valence-electron chi connectivity index (χ0n) is 14.8. The maximum Gasteiger partial charge on any atom is 0.359 e. The van der Waals surface area contributed by atoms with Gasteiger partial charge in [-0.15, -0.1) is 0 Å². The number of hydrogen-bond acceptors (Lipinski definition) is 3. The van der Waals surface area contributed by atoms with E-state index in [4.69, 9.17) is 0 Å². The number of nitrogens with zero attached hydrogens (tertiary/aromatic N) is 1. The van der Waals surface area contributed by atoms with Crippen LogP contribution < -0.4 is 9.80 Å². The second kappa shape index (κ2) is 7.60. The van der Waals surface area contributed by atoms with Gasteiger partial charge in [-0.1, -0.05) is 41.6 Å². The number of carboxylic acid groups (broad SMARTS) is 1. The molecule has 0 unspecified atom stereocenters. The number of carbonyl (C=O) groups is 1. The van der Waals surface area contributed by atoms with Crippen molar-refractivity contribution in [3.05, 3.63) is 53.6 Å². The van der Waals surface area contributed by atoms with Crippen molar-refractivity contribution in [2.75, 3.05) is 32.7 Å². The fourth-order valence-corrected chi connectivity index (χ4v) is 4.64. The molecule has 0 atom stereocenters. The van der Waals surface area contributed by atoms with E-state index in [1.165, 1.54) is 16.0 Å². The number of aryl methyl sites for hydroxylation is 2. The van der Waals surface area contributed by atoms with Gasteiger partial charge in [0.05, 0.1) is 18.0 Å². The SMILES string of the molecule is Cc1ccc(Sc2ccccc2[N+]2(CC(=O)O)CCNCC2)c(C)c1. The summed E-state index contributed by atoms with van der Waals surface area (Å²) in [5.41, 5.74) is 3.63. The van der Waals surface area contributed by atoms with Crippen molar-refractivity contribution >= 4 is 23.4 Å². The molecule has 4 nitrogen and oxygen atoms in total. The molecule has 2 N–H and O–H groups in total. The Morgan fingerprint density at radius 3 is 2.52 bits per heavy atom. The van der Waals surface area contributed by atoms with Crippen LogP contribution in [0.25, 0.3) is 0 Å². The highest BCUT2D eigenvalue weighted by molar-refractivity contribution is 7.99. The Morgan fingerprint density at radius 2 is 1.84 bits per heavy atom. The summed E-state index contributed by atoms with van der Waals surface area (Å²) >= 11 is 1.74. The van der Waals surface area contributed by atoms with Gasteiger partial charge in [0, 0.05) is 24.1 Å². The first-order valence-corrected chi connectivity index (χ1v) is 9.45. The molecule has 25 heavy (non-hydrogen) atoms. The Kier molecular flexibility index (Phi) is 5.47. The van der Waals surface area contributed by atoms with Crippen LogP contribution in [0.3, 0.4) is 0 Å². The predicted octanol–water partition coefficient (Wildman–Crippen LogP) is 3.45. The first-order valence-electron chi connectivity index (χ1n) is 8.63. The third-order valence-corrected chi connectivity index (χ3v) is 6.04. The lowest BCUT2D eigenvalue weighted by atomic mass is 10.1. The zero-order chi connectivity index (χ0) is 17.9. The van der Waals surface area contributed by atoms with Crippen LogP contribution in [0.5, 0.6) is 0 Å². The molecule has 0 aliphatic carbocycles. The molecule has 1 aliphatic heterocycles. The Balaban J connectivity index is 2.00. The number of piperazine rings is 1. The quantitative estimate of drug-likeness (QED) is 0.805. The van der Waals surface area contributed by atoms with Crippen LogP contribution in [0, 0.1) is 13.8 Å². The van der Waals surface area contributed by atoms with Gasteiger partial charge in [0.1, 0.15) is 5.69 Å². The summed E-state index contributed by atoms with van der Waals surface area (Å²) in [5.74, 6) is -0.742. The molecule has 0 saturated carbocycles. The molecule has 132 valence electrons. The molecule has 5 heteroatoms. The third kappa shape index (κ3) is 4.06. The number of rotatable bonds is 5. The molecule has 0 aromatic heterocycles. The van der Waals surface area contributed by atoms with Crippen LogP contribution in [0.2, 0.25) is 0 Å². The van der Waals surface area contributed by atoms with Gasteiger partial charge in [-0.25, -0.2) is 4.79 Å². The van der Waals surface area contributed by atoms with Crippen molar-refractivity contribution in [1.29, 1.82) is 0 Å². The van der Waals surface area contributed by atoms with E-state index >= 15 is 0 Å². The predicted molar refractivity (Wildman–Crippen MR) is 103 cm³/mol. The summed E-state index contributed by atoms with van der Waals surface area (Å²) in [7, 11) is 0. The van der Waals surface area contributed by atoms with Crippen LogP contribution in [0.15, 0.2) is 52.3 Å². The van der Waals surface area contributed by atoms with Gasteiger partial charge < -0.3 is 10.4 Å². The van der Waals surface area contributed by atoms with Crippen LogP contribution in [0.4, 0.5) is 5.69 Å². The Labute approximate surface area is 153 Å². The Morgan fingerprint density at radius 1 is 1.12 bits per heavy atom. The van der Waals surface area contributed by atoms with E-state index < -0.39 is 5.97 Å². The first-order chi connectivity index (χ1) is 12.0. The van der Waals surface area contributed by atoms with Crippen LogP contribution in [-0.4, -0.2) is 43.8 Å². The van der Waals surface area contributed by atoms with E-state index in [0.717, 1.165) is 36.8 Å². The minimum absolute atomic E-state index is 0.131. The molecule has 0 radical (unpaired) electrons. The minimum atomic E-state index is -0.742. The number of aliphatic carboxylic acids is 1.